The van der Waals surface area contributed by atoms with Crippen LogP contribution < -0.4 is 5.32 Å². The van der Waals surface area contributed by atoms with Crippen molar-refractivity contribution in [3.63, 3.8) is 0 Å². The van der Waals surface area contributed by atoms with Gasteiger partial charge >= 0.3 is 0 Å². The van der Waals surface area contributed by atoms with Crippen LogP contribution in [0.3, 0.4) is 0 Å². The third kappa shape index (κ3) is 3.17. The van der Waals surface area contributed by atoms with Crippen molar-refractivity contribution in [3.8, 4) is 0 Å². The average molecular weight is 287 g/mol. The molecule has 21 heavy (non-hydrogen) atoms. The van der Waals surface area contributed by atoms with Gasteiger partial charge in [0, 0.05) is 11.6 Å². The smallest absolute Gasteiger partial charge is 0.0981 e. The summed E-state index contributed by atoms with van der Waals surface area (Å²) in [5, 5.41) is 4.02. The number of benzene rings is 1. The molecule has 1 aromatic carbocycles. The Kier molecular flexibility index (Phi) is 4.37. The number of hydrogen-bond acceptors (Lipinski definition) is 2. The normalized spacial score (nSPS) is 37.0. The van der Waals surface area contributed by atoms with Gasteiger partial charge in [0.15, 0.2) is 0 Å². The number of ether oxygens (including phenoxy) is 1. The van der Waals surface area contributed by atoms with E-state index in [2.05, 4.69) is 56.4 Å². The third-order valence-electron chi connectivity index (χ3n) is 5.28. The van der Waals surface area contributed by atoms with Crippen molar-refractivity contribution in [2.45, 2.75) is 64.1 Å². The molecule has 4 atom stereocenters. The highest BCUT2D eigenvalue weighted by Crippen LogP contribution is 2.40. The van der Waals surface area contributed by atoms with E-state index in [9.17, 15) is 0 Å². The summed E-state index contributed by atoms with van der Waals surface area (Å²) in [6.45, 7) is 7.86. The molecule has 116 valence electrons. The van der Waals surface area contributed by atoms with Crippen LogP contribution in [0.5, 0.6) is 0 Å². The Bertz CT molecular complexity index is 458. The lowest BCUT2D eigenvalue weighted by molar-refractivity contribution is -0.0908. The Morgan fingerprint density at radius 3 is 2.67 bits per heavy atom. The van der Waals surface area contributed by atoms with Gasteiger partial charge in [-0.2, -0.15) is 0 Å². The summed E-state index contributed by atoms with van der Waals surface area (Å²) < 4.78 is 6.42. The van der Waals surface area contributed by atoms with Crippen LogP contribution in [0.2, 0.25) is 0 Å². The third-order valence-corrected chi connectivity index (χ3v) is 5.28. The molecule has 1 aromatic rings. The van der Waals surface area contributed by atoms with Crippen molar-refractivity contribution < 1.29 is 4.74 Å². The van der Waals surface area contributed by atoms with E-state index in [4.69, 9.17) is 4.74 Å². The van der Waals surface area contributed by atoms with Crippen LogP contribution in [-0.4, -0.2) is 18.2 Å². The summed E-state index contributed by atoms with van der Waals surface area (Å²) in [7, 11) is 0. The molecular formula is C19H29NO. The Hall–Kier alpha value is -0.860. The molecule has 1 aliphatic heterocycles. The fourth-order valence-electron chi connectivity index (χ4n) is 4.21. The molecule has 0 amide bonds. The summed E-state index contributed by atoms with van der Waals surface area (Å²) in [5.74, 6) is 1.39. The van der Waals surface area contributed by atoms with E-state index in [0.717, 1.165) is 12.5 Å². The highest BCUT2D eigenvalue weighted by Gasteiger charge is 2.44. The highest BCUT2D eigenvalue weighted by atomic mass is 16.5. The second kappa shape index (κ2) is 6.10. The van der Waals surface area contributed by atoms with Crippen molar-refractivity contribution in [3.05, 3.63) is 35.9 Å². The Morgan fingerprint density at radius 1 is 1.24 bits per heavy atom. The van der Waals surface area contributed by atoms with Gasteiger partial charge in [-0.25, -0.2) is 0 Å². The van der Waals surface area contributed by atoms with Gasteiger partial charge in [0.05, 0.1) is 12.7 Å². The van der Waals surface area contributed by atoms with Crippen LogP contribution >= 0.6 is 0 Å². The molecule has 1 spiro atoms. The van der Waals surface area contributed by atoms with Crippen LogP contribution in [0.1, 0.15) is 58.1 Å². The largest absolute Gasteiger partial charge is 0.370 e. The number of rotatable bonds is 2. The molecule has 2 fully saturated rings. The fraction of sp³-hybridized carbons (Fsp3) is 0.684. The van der Waals surface area contributed by atoms with Crippen LogP contribution in [0.15, 0.2) is 30.3 Å². The molecule has 1 saturated heterocycles. The van der Waals surface area contributed by atoms with E-state index < -0.39 is 0 Å². The van der Waals surface area contributed by atoms with E-state index in [1.807, 2.05) is 0 Å². The summed E-state index contributed by atoms with van der Waals surface area (Å²) in [6.07, 6.45) is 5.42. The fourth-order valence-corrected chi connectivity index (χ4v) is 4.21. The molecule has 0 aromatic heterocycles. The summed E-state index contributed by atoms with van der Waals surface area (Å²) >= 11 is 0. The highest BCUT2D eigenvalue weighted by molar-refractivity contribution is 5.21. The molecule has 1 saturated carbocycles. The topological polar surface area (TPSA) is 21.3 Å². The first kappa shape index (κ1) is 15.1. The molecule has 2 aliphatic rings. The molecule has 3 rings (SSSR count). The molecular weight excluding hydrogens is 258 g/mol. The van der Waals surface area contributed by atoms with E-state index >= 15 is 0 Å². The minimum atomic E-state index is 0.189. The number of hydrogen-bond donors (Lipinski definition) is 1. The molecule has 1 N–H and O–H groups in total. The molecule has 0 bridgehead atoms. The average Bonchev–Trinajstić information content (AvgIpc) is 2.48. The van der Waals surface area contributed by atoms with E-state index in [0.29, 0.717) is 12.0 Å². The zero-order valence-electron chi connectivity index (χ0n) is 13.6. The van der Waals surface area contributed by atoms with Crippen molar-refractivity contribution in [2.75, 3.05) is 6.61 Å². The standard InChI is InChI=1S/C19H29NO/c1-14(2)17-18(16-9-5-4-6-10-16)21-13-19(20-17)11-7-8-15(3)12-19/h4-6,9-10,14-15,17-18,20H,7-8,11-13H2,1-3H3. The van der Waals surface area contributed by atoms with Crippen molar-refractivity contribution in [1.29, 1.82) is 0 Å². The monoisotopic (exact) mass is 287 g/mol. The summed E-state index contributed by atoms with van der Waals surface area (Å²) in [4.78, 5) is 0. The van der Waals surface area contributed by atoms with Crippen molar-refractivity contribution in [1.82, 2.24) is 5.32 Å². The van der Waals surface area contributed by atoms with Crippen LogP contribution in [0.4, 0.5) is 0 Å². The SMILES string of the molecule is CC1CCCC2(COC(c3ccccc3)C(C(C)C)N2)C1. The summed E-state index contributed by atoms with van der Waals surface area (Å²) in [5.41, 5.74) is 1.53. The predicted molar refractivity (Wildman–Crippen MR) is 87.3 cm³/mol. The van der Waals surface area contributed by atoms with E-state index in [-0.39, 0.29) is 11.6 Å². The van der Waals surface area contributed by atoms with Crippen LogP contribution in [0, 0.1) is 11.8 Å². The van der Waals surface area contributed by atoms with Crippen LogP contribution in [0.25, 0.3) is 0 Å². The van der Waals surface area contributed by atoms with Gasteiger partial charge in [0.2, 0.25) is 0 Å². The van der Waals surface area contributed by atoms with E-state index in [1.54, 1.807) is 0 Å². The van der Waals surface area contributed by atoms with Gasteiger partial charge in [-0.05, 0) is 30.2 Å². The maximum absolute atomic E-state index is 6.42. The minimum absolute atomic E-state index is 0.189. The quantitative estimate of drug-likeness (QED) is 0.874. The molecule has 1 heterocycles. The zero-order valence-corrected chi connectivity index (χ0v) is 13.6. The zero-order chi connectivity index (χ0) is 14.9. The molecule has 1 aliphatic carbocycles. The summed E-state index contributed by atoms with van der Waals surface area (Å²) in [6, 6.07) is 11.1. The number of morpholine rings is 1. The Balaban J connectivity index is 1.80. The molecule has 0 radical (unpaired) electrons. The van der Waals surface area contributed by atoms with Gasteiger partial charge in [-0.15, -0.1) is 0 Å². The van der Waals surface area contributed by atoms with E-state index in [1.165, 1.54) is 31.2 Å². The van der Waals surface area contributed by atoms with Gasteiger partial charge in [0.25, 0.3) is 0 Å². The Labute approximate surface area is 129 Å². The molecule has 2 heteroatoms. The first-order valence-electron chi connectivity index (χ1n) is 8.54. The first-order chi connectivity index (χ1) is 10.1. The first-order valence-corrected chi connectivity index (χ1v) is 8.54. The number of nitrogens with one attached hydrogen (secondary N) is 1. The lowest BCUT2D eigenvalue weighted by Crippen LogP contribution is -2.62. The lowest BCUT2D eigenvalue weighted by atomic mass is 9.74. The van der Waals surface area contributed by atoms with Gasteiger partial charge in [-0.3, -0.25) is 0 Å². The van der Waals surface area contributed by atoms with Crippen molar-refractivity contribution >= 4 is 0 Å². The maximum atomic E-state index is 6.42. The van der Waals surface area contributed by atoms with Crippen LogP contribution in [-0.2, 0) is 4.74 Å². The maximum Gasteiger partial charge on any atom is 0.0981 e. The van der Waals surface area contributed by atoms with Gasteiger partial charge in [0.1, 0.15) is 0 Å². The van der Waals surface area contributed by atoms with Gasteiger partial charge < -0.3 is 10.1 Å². The van der Waals surface area contributed by atoms with Crippen molar-refractivity contribution in [2.24, 2.45) is 11.8 Å². The molecule has 2 nitrogen and oxygen atoms in total. The Morgan fingerprint density at radius 2 is 2.00 bits per heavy atom. The predicted octanol–water partition coefficient (Wildman–Crippen LogP) is 4.32. The molecule has 4 unspecified atom stereocenters. The second-order valence-corrected chi connectivity index (χ2v) is 7.54. The second-order valence-electron chi connectivity index (χ2n) is 7.54. The van der Waals surface area contributed by atoms with Gasteiger partial charge in [-0.1, -0.05) is 63.9 Å². The minimum Gasteiger partial charge on any atom is -0.370 e. The lowest BCUT2D eigenvalue weighted by Gasteiger charge is -2.50.